The van der Waals surface area contributed by atoms with E-state index in [1.165, 1.54) is 5.56 Å². The SMILES string of the molecule is Cc1ccc(N2CCC(NC(=O)[C@@H]3CCC[C@@H]3CN)C2=O)cc1. The molecule has 2 amide bonds. The topological polar surface area (TPSA) is 75.4 Å². The Kier molecular flexibility index (Phi) is 4.66. The van der Waals surface area contributed by atoms with Crippen LogP contribution in [0.3, 0.4) is 0 Å². The van der Waals surface area contributed by atoms with Crippen LogP contribution in [0.25, 0.3) is 0 Å². The van der Waals surface area contributed by atoms with Crippen molar-refractivity contribution in [2.24, 2.45) is 17.6 Å². The molecule has 1 aliphatic carbocycles. The first-order chi connectivity index (χ1) is 11.1. The molecule has 0 radical (unpaired) electrons. The number of amides is 2. The Morgan fingerprint density at radius 1 is 1.26 bits per heavy atom. The molecular formula is C18H25N3O2. The average molecular weight is 315 g/mol. The van der Waals surface area contributed by atoms with Gasteiger partial charge in [-0.3, -0.25) is 9.59 Å². The number of nitrogens with one attached hydrogen (secondary N) is 1. The van der Waals surface area contributed by atoms with Crippen molar-refractivity contribution in [3.63, 3.8) is 0 Å². The lowest BCUT2D eigenvalue weighted by Gasteiger charge is -2.21. The summed E-state index contributed by atoms with van der Waals surface area (Å²) >= 11 is 0. The molecule has 1 unspecified atom stereocenters. The van der Waals surface area contributed by atoms with Gasteiger partial charge in [0, 0.05) is 18.2 Å². The van der Waals surface area contributed by atoms with Crippen LogP contribution in [-0.4, -0.2) is 30.9 Å². The van der Waals surface area contributed by atoms with Crippen molar-refractivity contribution >= 4 is 17.5 Å². The number of nitrogens with zero attached hydrogens (tertiary/aromatic N) is 1. The molecule has 0 bridgehead atoms. The van der Waals surface area contributed by atoms with Gasteiger partial charge in [0.1, 0.15) is 6.04 Å². The zero-order valence-electron chi connectivity index (χ0n) is 13.6. The van der Waals surface area contributed by atoms with Gasteiger partial charge >= 0.3 is 0 Å². The highest BCUT2D eigenvalue weighted by Crippen LogP contribution is 2.31. The van der Waals surface area contributed by atoms with E-state index in [-0.39, 0.29) is 23.7 Å². The number of rotatable bonds is 4. The smallest absolute Gasteiger partial charge is 0.249 e. The zero-order valence-corrected chi connectivity index (χ0v) is 13.6. The van der Waals surface area contributed by atoms with Crippen molar-refractivity contribution in [1.29, 1.82) is 0 Å². The molecule has 0 spiro atoms. The van der Waals surface area contributed by atoms with Crippen molar-refractivity contribution < 1.29 is 9.59 Å². The molecule has 5 heteroatoms. The van der Waals surface area contributed by atoms with Crippen molar-refractivity contribution in [2.45, 2.75) is 38.6 Å². The molecular weight excluding hydrogens is 290 g/mol. The van der Waals surface area contributed by atoms with E-state index in [4.69, 9.17) is 5.73 Å². The molecule has 1 aromatic carbocycles. The predicted molar refractivity (Wildman–Crippen MR) is 90.0 cm³/mol. The van der Waals surface area contributed by atoms with Gasteiger partial charge in [0.25, 0.3) is 0 Å². The highest BCUT2D eigenvalue weighted by atomic mass is 16.2. The molecule has 2 fully saturated rings. The maximum atomic E-state index is 12.6. The fourth-order valence-corrected chi connectivity index (χ4v) is 3.74. The Labute approximate surface area is 137 Å². The molecule has 1 saturated heterocycles. The van der Waals surface area contributed by atoms with Gasteiger partial charge in [0.15, 0.2) is 0 Å². The zero-order chi connectivity index (χ0) is 16.4. The Morgan fingerprint density at radius 3 is 2.70 bits per heavy atom. The fourth-order valence-electron chi connectivity index (χ4n) is 3.74. The summed E-state index contributed by atoms with van der Waals surface area (Å²) in [4.78, 5) is 26.8. The standard InChI is InChI=1S/C18H25N3O2/c1-12-5-7-14(8-6-12)21-10-9-16(18(21)23)20-17(22)15-4-2-3-13(15)11-19/h5-8,13,15-16H,2-4,9-11,19H2,1H3,(H,20,22)/t13-,15-,16?/m1/s1. The molecule has 1 aromatic rings. The number of benzene rings is 1. The van der Waals surface area contributed by atoms with Crippen LogP contribution in [0.1, 0.15) is 31.2 Å². The maximum absolute atomic E-state index is 12.6. The number of nitrogens with two attached hydrogens (primary N) is 1. The van der Waals surface area contributed by atoms with E-state index in [2.05, 4.69) is 5.32 Å². The number of hydrogen-bond acceptors (Lipinski definition) is 3. The second-order valence-corrected chi connectivity index (χ2v) is 6.71. The van der Waals surface area contributed by atoms with E-state index in [0.717, 1.165) is 24.9 Å². The quantitative estimate of drug-likeness (QED) is 0.886. The third-order valence-electron chi connectivity index (χ3n) is 5.17. The van der Waals surface area contributed by atoms with Gasteiger partial charge in [-0.05, 0) is 50.8 Å². The van der Waals surface area contributed by atoms with Crippen molar-refractivity contribution in [1.82, 2.24) is 5.32 Å². The van der Waals surface area contributed by atoms with E-state index in [0.29, 0.717) is 19.5 Å². The summed E-state index contributed by atoms with van der Waals surface area (Å²) in [6.45, 7) is 3.22. The van der Waals surface area contributed by atoms with Crippen LogP contribution in [0.15, 0.2) is 24.3 Å². The number of anilines is 1. The van der Waals surface area contributed by atoms with Crippen LogP contribution < -0.4 is 16.0 Å². The van der Waals surface area contributed by atoms with Gasteiger partial charge in [0.05, 0.1) is 0 Å². The monoisotopic (exact) mass is 315 g/mol. The van der Waals surface area contributed by atoms with E-state index in [1.54, 1.807) is 4.90 Å². The normalized spacial score (nSPS) is 27.5. The molecule has 3 atom stereocenters. The predicted octanol–water partition coefficient (Wildman–Crippen LogP) is 1.59. The summed E-state index contributed by atoms with van der Waals surface area (Å²) in [5, 5.41) is 2.96. The van der Waals surface area contributed by atoms with Crippen LogP contribution in [0, 0.1) is 18.8 Å². The van der Waals surface area contributed by atoms with E-state index >= 15 is 0 Å². The first-order valence-corrected chi connectivity index (χ1v) is 8.48. The van der Waals surface area contributed by atoms with Crippen LogP contribution >= 0.6 is 0 Å². The first kappa shape index (κ1) is 16.0. The number of carbonyl (C=O) groups excluding carboxylic acids is 2. The Morgan fingerprint density at radius 2 is 2.00 bits per heavy atom. The minimum absolute atomic E-state index is 0.00190. The lowest BCUT2D eigenvalue weighted by molar-refractivity contribution is -0.129. The summed E-state index contributed by atoms with van der Waals surface area (Å²) < 4.78 is 0. The number of hydrogen-bond donors (Lipinski definition) is 2. The van der Waals surface area contributed by atoms with Gasteiger partial charge in [-0.2, -0.15) is 0 Å². The minimum Gasteiger partial charge on any atom is -0.344 e. The van der Waals surface area contributed by atoms with Crippen LogP contribution in [0.2, 0.25) is 0 Å². The van der Waals surface area contributed by atoms with Gasteiger partial charge in [-0.1, -0.05) is 24.1 Å². The largest absolute Gasteiger partial charge is 0.344 e. The Hall–Kier alpha value is -1.88. The lowest BCUT2D eigenvalue weighted by Crippen LogP contribution is -2.45. The van der Waals surface area contributed by atoms with E-state index in [1.807, 2.05) is 31.2 Å². The highest BCUT2D eigenvalue weighted by Gasteiger charge is 2.37. The molecule has 1 heterocycles. The summed E-state index contributed by atoms with van der Waals surface area (Å²) in [7, 11) is 0. The van der Waals surface area contributed by atoms with Gasteiger partial charge in [-0.25, -0.2) is 0 Å². The fraction of sp³-hybridized carbons (Fsp3) is 0.556. The first-order valence-electron chi connectivity index (χ1n) is 8.48. The molecule has 3 rings (SSSR count). The molecule has 1 aliphatic heterocycles. The summed E-state index contributed by atoms with van der Waals surface area (Å²) in [6.07, 6.45) is 3.62. The second-order valence-electron chi connectivity index (χ2n) is 6.71. The number of aryl methyl sites for hydroxylation is 1. The van der Waals surface area contributed by atoms with E-state index < -0.39 is 6.04 Å². The third kappa shape index (κ3) is 3.24. The van der Waals surface area contributed by atoms with Crippen LogP contribution in [-0.2, 0) is 9.59 Å². The minimum atomic E-state index is -0.400. The van der Waals surface area contributed by atoms with Crippen molar-refractivity contribution in [3.8, 4) is 0 Å². The van der Waals surface area contributed by atoms with E-state index in [9.17, 15) is 9.59 Å². The maximum Gasteiger partial charge on any atom is 0.249 e. The second kappa shape index (κ2) is 6.71. The molecule has 1 saturated carbocycles. The summed E-state index contributed by atoms with van der Waals surface area (Å²) in [5.74, 6) is 0.229. The van der Waals surface area contributed by atoms with Crippen molar-refractivity contribution in [3.05, 3.63) is 29.8 Å². The highest BCUT2D eigenvalue weighted by molar-refractivity contribution is 6.01. The van der Waals surface area contributed by atoms with Crippen LogP contribution in [0.5, 0.6) is 0 Å². The molecule has 5 nitrogen and oxygen atoms in total. The molecule has 3 N–H and O–H groups in total. The molecule has 2 aliphatic rings. The van der Waals surface area contributed by atoms with Crippen LogP contribution in [0.4, 0.5) is 5.69 Å². The van der Waals surface area contributed by atoms with Gasteiger partial charge in [-0.15, -0.1) is 0 Å². The lowest BCUT2D eigenvalue weighted by atomic mass is 9.95. The molecule has 0 aromatic heterocycles. The average Bonchev–Trinajstić information content (AvgIpc) is 3.16. The van der Waals surface area contributed by atoms with Gasteiger partial charge in [0.2, 0.25) is 11.8 Å². The number of carbonyl (C=O) groups is 2. The van der Waals surface area contributed by atoms with Crippen molar-refractivity contribution in [2.75, 3.05) is 18.0 Å². The Balaban J connectivity index is 1.63. The van der Waals surface area contributed by atoms with Gasteiger partial charge < -0.3 is 16.0 Å². The molecule has 23 heavy (non-hydrogen) atoms. The Bertz CT molecular complexity index is 584. The summed E-state index contributed by atoms with van der Waals surface area (Å²) in [5.41, 5.74) is 7.82. The molecule has 124 valence electrons. The third-order valence-corrected chi connectivity index (χ3v) is 5.17. The summed E-state index contributed by atoms with van der Waals surface area (Å²) in [6, 6.07) is 7.51.